The summed E-state index contributed by atoms with van der Waals surface area (Å²) < 4.78 is 5.24. The first-order valence-corrected chi connectivity index (χ1v) is 7.57. The number of para-hydroxylation sites is 1. The normalized spacial score (nSPS) is 16.2. The number of nitrogens with zero attached hydrogens (tertiary/aromatic N) is 2. The Morgan fingerprint density at radius 1 is 1.14 bits per heavy atom. The molecule has 0 amide bonds. The lowest BCUT2D eigenvalue weighted by molar-refractivity contribution is 0.414. The lowest BCUT2D eigenvalue weighted by Gasteiger charge is -2.15. The van der Waals surface area contributed by atoms with Crippen LogP contribution in [0.15, 0.2) is 64.7 Å². The standard InChI is InChI=1S/C16H15N3OS/c1-20-14-9-5-6-12(10-14)15-11-21-16(19-18-15)17-13-7-3-2-4-8-13/h2-10H,11H2,1H3,(H,17,19). The Balaban J connectivity index is 1.76. The van der Waals surface area contributed by atoms with E-state index < -0.39 is 0 Å². The summed E-state index contributed by atoms with van der Waals surface area (Å²) in [5.41, 5.74) is 5.99. The molecule has 0 saturated carbocycles. The third-order valence-electron chi connectivity index (χ3n) is 3.02. The number of aliphatic imine (C=N–C) groups is 1. The number of thioether (sulfide) groups is 1. The van der Waals surface area contributed by atoms with Gasteiger partial charge in [-0.25, -0.2) is 4.99 Å². The van der Waals surface area contributed by atoms with Gasteiger partial charge in [0.05, 0.1) is 18.5 Å². The molecule has 0 fully saturated rings. The van der Waals surface area contributed by atoms with Crippen LogP contribution in [0.5, 0.6) is 5.75 Å². The Morgan fingerprint density at radius 2 is 2.00 bits per heavy atom. The van der Waals surface area contributed by atoms with E-state index in [1.807, 2.05) is 54.6 Å². The fourth-order valence-corrected chi connectivity index (χ4v) is 2.73. The van der Waals surface area contributed by atoms with E-state index in [0.717, 1.165) is 33.6 Å². The summed E-state index contributed by atoms with van der Waals surface area (Å²) in [6.45, 7) is 0. The Labute approximate surface area is 127 Å². The molecule has 3 rings (SSSR count). The smallest absolute Gasteiger partial charge is 0.182 e. The quantitative estimate of drug-likeness (QED) is 0.944. The van der Waals surface area contributed by atoms with Crippen molar-refractivity contribution < 1.29 is 4.74 Å². The molecule has 1 N–H and O–H groups in total. The highest BCUT2D eigenvalue weighted by Gasteiger charge is 2.13. The molecular formula is C16H15N3OS. The maximum Gasteiger partial charge on any atom is 0.182 e. The van der Waals surface area contributed by atoms with Crippen molar-refractivity contribution in [3.63, 3.8) is 0 Å². The average Bonchev–Trinajstić information content (AvgIpc) is 2.56. The number of amidine groups is 1. The molecule has 4 nitrogen and oxygen atoms in total. The zero-order valence-electron chi connectivity index (χ0n) is 11.6. The molecule has 0 unspecified atom stereocenters. The number of hydrazone groups is 1. The highest BCUT2D eigenvalue weighted by molar-refractivity contribution is 8.14. The number of benzene rings is 2. The van der Waals surface area contributed by atoms with Crippen molar-refractivity contribution in [2.45, 2.75) is 0 Å². The van der Waals surface area contributed by atoms with Crippen LogP contribution in [0.2, 0.25) is 0 Å². The fraction of sp³-hybridized carbons (Fsp3) is 0.125. The molecule has 5 heteroatoms. The van der Waals surface area contributed by atoms with Gasteiger partial charge >= 0.3 is 0 Å². The Hall–Kier alpha value is -2.27. The number of methoxy groups -OCH3 is 1. The monoisotopic (exact) mass is 297 g/mol. The summed E-state index contributed by atoms with van der Waals surface area (Å²) >= 11 is 1.64. The van der Waals surface area contributed by atoms with Gasteiger partial charge in [0.2, 0.25) is 0 Å². The van der Waals surface area contributed by atoms with Crippen LogP contribution in [0.1, 0.15) is 5.56 Å². The van der Waals surface area contributed by atoms with Crippen LogP contribution in [0, 0.1) is 0 Å². The molecule has 0 spiro atoms. The molecule has 1 heterocycles. The lowest BCUT2D eigenvalue weighted by atomic mass is 10.1. The van der Waals surface area contributed by atoms with Gasteiger partial charge in [-0.1, -0.05) is 42.1 Å². The van der Waals surface area contributed by atoms with Gasteiger partial charge in [-0.15, -0.1) is 0 Å². The minimum Gasteiger partial charge on any atom is -0.497 e. The number of nitrogens with one attached hydrogen (secondary N) is 1. The molecule has 0 aromatic heterocycles. The number of hydrogen-bond acceptors (Lipinski definition) is 4. The zero-order chi connectivity index (χ0) is 14.5. The van der Waals surface area contributed by atoms with Gasteiger partial charge in [0.1, 0.15) is 5.75 Å². The number of rotatable bonds is 3. The molecule has 21 heavy (non-hydrogen) atoms. The van der Waals surface area contributed by atoms with E-state index in [4.69, 9.17) is 4.74 Å². The molecule has 0 radical (unpaired) electrons. The molecule has 0 saturated heterocycles. The minimum absolute atomic E-state index is 0.784. The molecule has 2 aromatic rings. The molecule has 0 atom stereocenters. The van der Waals surface area contributed by atoms with E-state index >= 15 is 0 Å². The molecule has 106 valence electrons. The fourth-order valence-electron chi connectivity index (χ4n) is 1.94. The Morgan fingerprint density at radius 3 is 2.71 bits per heavy atom. The molecule has 0 aliphatic carbocycles. The van der Waals surface area contributed by atoms with Crippen molar-refractivity contribution in [2.75, 3.05) is 12.9 Å². The molecule has 2 aromatic carbocycles. The first-order valence-electron chi connectivity index (χ1n) is 6.59. The van der Waals surface area contributed by atoms with Gasteiger partial charge < -0.3 is 4.74 Å². The van der Waals surface area contributed by atoms with Gasteiger partial charge in [0.25, 0.3) is 0 Å². The highest BCUT2D eigenvalue weighted by atomic mass is 32.2. The van der Waals surface area contributed by atoms with Crippen LogP contribution >= 0.6 is 11.8 Å². The first-order chi connectivity index (χ1) is 10.3. The maximum absolute atomic E-state index is 5.24. The summed E-state index contributed by atoms with van der Waals surface area (Å²) in [6.07, 6.45) is 0. The second-order valence-electron chi connectivity index (χ2n) is 4.44. The van der Waals surface area contributed by atoms with Gasteiger partial charge in [-0.05, 0) is 24.3 Å². The predicted octanol–water partition coefficient (Wildman–Crippen LogP) is 3.42. The minimum atomic E-state index is 0.784. The number of hydrogen-bond donors (Lipinski definition) is 1. The van der Waals surface area contributed by atoms with E-state index in [2.05, 4.69) is 15.5 Å². The summed E-state index contributed by atoms with van der Waals surface area (Å²) in [7, 11) is 1.67. The summed E-state index contributed by atoms with van der Waals surface area (Å²) in [5, 5.41) is 5.22. The van der Waals surface area contributed by atoms with E-state index in [9.17, 15) is 0 Å². The Kier molecular flexibility index (Phi) is 4.21. The second kappa shape index (κ2) is 6.45. The van der Waals surface area contributed by atoms with Crippen molar-refractivity contribution in [1.29, 1.82) is 0 Å². The summed E-state index contributed by atoms with van der Waals surface area (Å²) in [4.78, 5) is 4.52. The highest BCUT2D eigenvalue weighted by Crippen LogP contribution is 2.20. The van der Waals surface area contributed by atoms with E-state index in [0.29, 0.717) is 0 Å². The third-order valence-corrected chi connectivity index (χ3v) is 3.90. The van der Waals surface area contributed by atoms with Gasteiger partial charge in [0.15, 0.2) is 5.17 Å². The molecule has 1 aliphatic rings. The summed E-state index contributed by atoms with van der Waals surface area (Å²) in [6, 6.07) is 17.8. The molecular weight excluding hydrogens is 282 g/mol. The maximum atomic E-state index is 5.24. The van der Waals surface area contributed by atoms with E-state index in [-0.39, 0.29) is 0 Å². The van der Waals surface area contributed by atoms with Gasteiger partial charge in [0, 0.05) is 11.3 Å². The molecule has 1 aliphatic heterocycles. The van der Waals surface area contributed by atoms with E-state index in [1.54, 1.807) is 18.9 Å². The predicted molar refractivity (Wildman–Crippen MR) is 88.7 cm³/mol. The van der Waals surface area contributed by atoms with Crippen molar-refractivity contribution in [3.05, 3.63) is 60.2 Å². The van der Waals surface area contributed by atoms with Crippen LogP contribution < -0.4 is 10.2 Å². The third kappa shape index (κ3) is 3.44. The van der Waals surface area contributed by atoms with Gasteiger partial charge in [-0.3, -0.25) is 5.43 Å². The lowest BCUT2D eigenvalue weighted by Crippen LogP contribution is -2.25. The van der Waals surface area contributed by atoms with Crippen LogP contribution in [-0.2, 0) is 0 Å². The van der Waals surface area contributed by atoms with E-state index in [1.165, 1.54) is 0 Å². The Bertz CT molecular complexity index is 683. The second-order valence-corrected chi connectivity index (χ2v) is 5.41. The van der Waals surface area contributed by atoms with Crippen molar-refractivity contribution >= 4 is 28.3 Å². The van der Waals surface area contributed by atoms with Crippen molar-refractivity contribution in [3.8, 4) is 5.75 Å². The average molecular weight is 297 g/mol. The van der Waals surface area contributed by atoms with Crippen molar-refractivity contribution in [2.24, 2.45) is 10.1 Å². The number of ether oxygens (including phenoxy) is 1. The zero-order valence-corrected chi connectivity index (χ0v) is 12.4. The molecule has 0 bridgehead atoms. The van der Waals surface area contributed by atoms with Crippen LogP contribution in [0.4, 0.5) is 5.69 Å². The van der Waals surface area contributed by atoms with Crippen molar-refractivity contribution in [1.82, 2.24) is 5.43 Å². The first kappa shape index (κ1) is 13.7. The van der Waals surface area contributed by atoms with Crippen LogP contribution in [0.25, 0.3) is 0 Å². The van der Waals surface area contributed by atoms with Crippen LogP contribution in [0.3, 0.4) is 0 Å². The topological polar surface area (TPSA) is 46.0 Å². The van der Waals surface area contributed by atoms with Crippen LogP contribution in [-0.4, -0.2) is 23.7 Å². The SMILES string of the molecule is COc1cccc(C2=NNC(=Nc3ccccc3)SC2)c1. The summed E-state index contributed by atoms with van der Waals surface area (Å²) in [5.74, 6) is 1.62. The largest absolute Gasteiger partial charge is 0.497 e. The van der Waals surface area contributed by atoms with Gasteiger partial charge in [-0.2, -0.15) is 5.10 Å².